The van der Waals surface area contributed by atoms with E-state index in [2.05, 4.69) is 0 Å². The summed E-state index contributed by atoms with van der Waals surface area (Å²) in [7, 11) is -3.00. The quantitative estimate of drug-likeness (QED) is 0.607. The standard InChI is InChI=1S/C8H19NO3S/c1-3-12-6-7-13(10,11)8(2)4-5-9/h8H,3-7,9H2,1-2H3. The number of rotatable bonds is 7. The molecule has 0 rings (SSSR count). The predicted molar refractivity (Wildman–Crippen MR) is 53.4 cm³/mol. The van der Waals surface area contributed by atoms with Gasteiger partial charge in [-0.25, -0.2) is 8.42 Å². The van der Waals surface area contributed by atoms with E-state index in [0.717, 1.165) is 0 Å². The van der Waals surface area contributed by atoms with Crippen LogP contribution in [0.2, 0.25) is 0 Å². The first-order chi connectivity index (χ1) is 6.04. The Kier molecular flexibility index (Phi) is 6.28. The number of hydrogen-bond acceptors (Lipinski definition) is 4. The Bertz CT molecular complexity index is 213. The summed E-state index contributed by atoms with van der Waals surface area (Å²) < 4.78 is 27.9. The first-order valence-corrected chi connectivity index (χ1v) is 6.25. The van der Waals surface area contributed by atoms with Gasteiger partial charge in [0.1, 0.15) is 0 Å². The van der Waals surface area contributed by atoms with Crippen LogP contribution in [0.5, 0.6) is 0 Å². The van der Waals surface area contributed by atoms with Crippen molar-refractivity contribution in [3.05, 3.63) is 0 Å². The van der Waals surface area contributed by atoms with Crippen LogP contribution >= 0.6 is 0 Å². The zero-order valence-electron chi connectivity index (χ0n) is 8.32. The van der Waals surface area contributed by atoms with Gasteiger partial charge in [-0.2, -0.15) is 0 Å². The van der Waals surface area contributed by atoms with Gasteiger partial charge in [-0.1, -0.05) is 0 Å². The van der Waals surface area contributed by atoms with Crippen LogP contribution < -0.4 is 5.73 Å². The molecule has 0 radical (unpaired) electrons. The first-order valence-electron chi connectivity index (χ1n) is 4.54. The third kappa shape index (κ3) is 5.23. The summed E-state index contributed by atoms with van der Waals surface area (Å²) in [6.07, 6.45) is 0.522. The van der Waals surface area contributed by atoms with Gasteiger partial charge in [0.05, 0.1) is 17.6 Å². The monoisotopic (exact) mass is 209 g/mol. The Morgan fingerprint density at radius 1 is 1.46 bits per heavy atom. The van der Waals surface area contributed by atoms with E-state index >= 15 is 0 Å². The molecule has 0 aromatic carbocycles. The molecule has 1 unspecified atom stereocenters. The van der Waals surface area contributed by atoms with E-state index in [4.69, 9.17) is 10.5 Å². The topological polar surface area (TPSA) is 69.4 Å². The van der Waals surface area contributed by atoms with E-state index in [0.29, 0.717) is 19.6 Å². The van der Waals surface area contributed by atoms with Crippen molar-refractivity contribution >= 4 is 9.84 Å². The van der Waals surface area contributed by atoms with Gasteiger partial charge in [0.2, 0.25) is 0 Å². The van der Waals surface area contributed by atoms with Gasteiger partial charge in [-0.05, 0) is 26.8 Å². The summed E-state index contributed by atoms with van der Waals surface area (Å²) in [6.45, 7) is 4.79. The lowest BCUT2D eigenvalue weighted by molar-refractivity contribution is 0.163. The van der Waals surface area contributed by atoms with E-state index in [-0.39, 0.29) is 17.6 Å². The second-order valence-corrected chi connectivity index (χ2v) is 5.49. The zero-order chi connectivity index (χ0) is 10.3. The average Bonchev–Trinajstić information content (AvgIpc) is 2.05. The van der Waals surface area contributed by atoms with Crippen LogP contribution in [0.1, 0.15) is 20.3 Å². The third-order valence-electron chi connectivity index (χ3n) is 1.90. The molecule has 0 aliphatic carbocycles. The Hall–Kier alpha value is -0.130. The molecular weight excluding hydrogens is 190 g/mol. The summed E-state index contributed by atoms with van der Waals surface area (Å²) in [6, 6.07) is 0. The maximum atomic E-state index is 11.5. The molecule has 0 aliphatic heterocycles. The number of sulfone groups is 1. The number of hydrogen-bond donors (Lipinski definition) is 1. The lowest BCUT2D eigenvalue weighted by Gasteiger charge is -2.11. The van der Waals surface area contributed by atoms with Crippen LogP contribution in [0.15, 0.2) is 0 Å². The molecule has 2 N–H and O–H groups in total. The first kappa shape index (κ1) is 12.9. The van der Waals surface area contributed by atoms with Crippen LogP contribution in [-0.4, -0.2) is 39.2 Å². The van der Waals surface area contributed by atoms with E-state index in [1.54, 1.807) is 6.92 Å². The van der Waals surface area contributed by atoms with Crippen LogP contribution in [-0.2, 0) is 14.6 Å². The van der Waals surface area contributed by atoms with Gasteiger partial charge >= 0.3 is 0 Å². The van der Waals surface area contributed by atoms with Crippen LogP contribution in [0.3, 0.4) is 0 Å². The molecule has 0 aromatic heterocycles. The third-order valence-corrected chi connectivity index (χ3v) is 4.10. The molecule has 0 heterocycles. The molecule has 13 heavy (non-hydrogen) atoms. The minimum absolute atomic E-state index is 0.0992. The van der Waals surface area contributed by atoms with Crippen molar-refractivity contribution < 1.29 is 13.2 Å². The van der Waals surface area contributed by atoms with Crippen LogP contribution in [0.25, 0.3) is 0 Å². The second-order valence-electron chi connectivity index (χ2n) is 2.95. The fourth-order valence-electron chi connectivity index (χ4n) is 0.935. The maximum Gasteiger partial charge on any atom is 0.155 e. The van der Waals surface area contributed by atoms with Crippen molar-refractivity contribution in [2.24, 2.45) is 5.73 Å². The van der Waals surface area contributed by atoms with E-state index in [1.165, 1.54) is 0 Å². The fraction of sp³-hybridized carbons (Fsp3) is 1.00. The summed E-state index contributed by atoms with van der Waals surface area (Å²) in [4.78, 5) is 0. The lowest BCUT2D eigenvalue weighted by atomic mass is 10.3. The molecule has 0 bridgehead atoms. The molecule has 0 spiro atoms. The molecule has 5 heteroatoms. The smallest absolute Gasteiger partial charge is 0.155 e. The van der Waals surface area contributed by atoms with Crippen LogP contribution in [0.4, 0.5) is 0 Å². The average molecular weight is 209 g/mol. The highest BCUT2D eigenvalue weighted by atomic mass is 32.2. The molecule has 0 saturated heterocycles. The van der Waals surface area contributed by atoms with Gasteiger partial charge in [-0.15, -0.1) is 0 Å². The molecule has 1 atom stereocenters. The highest BCUT2D eigenvalue weighted by Crippen LogP contribution is 2.05. The van der Waals surface area contributed by atoms with Crippen LogP contribution in [0, 0.1) is 0 Å². The Morgan fingerprint density at radius 3 is 2.54 bits per heavy atom. The maximum absolute atomic E-state index is 11.5. The highest BCUT2D eigenvalue weighted by Gasteiger charge is 2.19. The van der Waals surface area contributed by atoms with E-state index in [9.17, 15) is 8.42 Å². The molecule has 0 aliphatic rings. The lowest BCUT2D eigenvalue weighted by Crippen LogP contribution is -2.26. The summed E-state index contributed by atoms with van der Waals surface area (Å²) >= 11 is 0. The zero-order valence-corrected chi connectivity index (χ0v) is 9.14. The molecule has 0 fully saturated rings. The van der Waals surface area contributed by atoms with Crippen molar-refractivity contribution in [1.29, 1.82) is 0 Å². The van der Waals surface area contributed by atoms with Crippen molar-refractivity contribution in [3.8, 4) is 0 Å². The predicted octanol–water partition coefficient (Wildman–Crippen LogP) is 0.175. The summed E-state index contributed by atoms with van der Waals surface area (Å²) in [5.74, 6) is 0.0992. The molecule has 0 aromatic rings. The van der Waals surface area contributed by atoms with Crippen molar-refractivity contribution in [2.75, 3.05) is 25.5 Å². The largest absolute Gasteiger partial charge is 0.381 e. The fourth-order valence-corrected chi connectivity index (χ4v) is 2.18. The van der Waals surface area contributed by atoms with Crippen molar-refractivity contribution in [1.82, 2.24) is 0 Å². The molecule has 0 amide bonds. The number of ether oxygens (including phenoxy) is 1. The SMILES string of the molecule is CCOCCS(=O)(=O)C(C)CCN. The Labute approximate surface area is 80.4 Å². The molecule has 80 valence electrons. The minimum atomic E-state index is -3.00. The van der Waals surface area contributed by atoms with Gasteiger partial charge < -0.3 is 10.5 Å². The molecule has 4 nitrogen and oxygen atoms in total. The summed E-state index contributed by atoms with van der Waals surface area (Å²) in [5.41, 5.74) is 5.29. The van der Waals surface area contributed by atoms with Gasteiger partial charge in [-0.3, -0.25) is 0 Å². The van der Waals surface area contributed by atoms with Gasteiger partial charge in [0.15, 0.2) is 9.84 Å². The van der Waals surface area contributed by atoms with E-state index < -0.39 is 9.84 Å². The van der Waals surface area contributed by atoms with Gasteiger partial charge in [0.25, 0.3) is 0 Å². The molecule has 0 saturated carbocycles. The highest BCUT2D eigenvalue weighted by molar-refractivity contribution is 7.92. The number of nitrogens with two attached hydrogens (primary N) is 1. The van der Waals surface area contributed by atoms with Crippen molar-refractivity contribution in [2.45, 2.75) is 25.5 Å². The normalized spacial score (nSPS) is 14.4. The minimum Gasteiger partial charge on any atom is -0.381 e. The Morgan fingerprint density at radius 2 is 2.08 bits per heavy atom. The second kappa shape index (κ2) is 6.34. The Balaban J connectivity index is 3.92. The summed E-state index contributed by atoms with van der Waals surface area (Å²) in [5, 5.41) is -0.349. The van der Waals surface area contributed by atoms with Crippen molar-refractivity contribution in [3.63, 3.8) is 0 Å². The molecular formula is C8H19NO3S. The van der Waals surface area contributed by atoms with Gasteiger partial charge in [0, 0.05) is 6.61 Å². The van der Waals surface area contributed by atoms with E-state index in [1.807, 2.05) is 6.92 Å².